The molecule has 164 valence electrons. The second-order valence-corrected chi connectivity index (χ2v) is 10.7. The number of nitrogens with zero attached hydrogens (tertiary/aromatic N) is 3. The Balaban J connectivity index is 1.49. The molecule has 2 aromatic heterocycles. The van der Waals surface area contributed by atoms with Gasteiger partial charge in [-0.25, -0.2) is 8.42 Å². The summed E-state index contributed by atoms with van der Waals surface area (Å²) in [6.07, 6.45) is 0. The SMILES string of the molecule is Cc1cc(C)c(C)c(S(=O)(=O)N2CCN(C(=O)c3cc(-c4cccs4)on3)CC2)c1C. The maximum Gasteiger partial charge on any atom is 0.276 e. The van der Waals surface area contributed by atoms with Crippen molar-refractivity contribution in [1.82, 2.24) is 14.4 Å². The molecule has 31 heavy (non-hydrogen) atoms. The number of benzene rings is 1. The maximum absolute atomic E-state index is 13.4. The van der Waals surface area contributed by atoms with Gasteiger partial charge in [-0.1, -0.05) is 17.3 Å². The zero-order valence-corrected chi connectivity index (χ0v) is 19.6. The summed E-state index contributed by atoms with van der Waals surface area (Å²) in [5.41, 5.74) is 3.72. The fourth-order valence-corrected chi connectivity index (χ4v) is 6.57. The zero-order valence-electron chi connectivity index (χ0n) is 18.0. The minimum absolute atomic E-state index is 0.237. The van der Waals surface area contributed by atoms with Crippen LogP contribution >= 0.6 is 11.3 Å². The van der Waals surface area contributed by atoms with Crippen LogP contribution in [0.5, 0.6) is 0 Å². The molecule has 3 aromatic rings. The molecule has 0 aliphatic carbocycles. The number of hydrogen-bond acceptors (Lipinski definition) is 6. The lowest BCUT2D eigenvalue weighted by atomic mass is 10.0. The van der Waals surface area contributed by atoms with Crippen LogP contribution in [-0.2, 0) is 10.0 Å². The van der Waals surface area contributed by atoms with Gasteiger partial charge in [0.25, 0.3) is 5.91 Å². The number of hydrogen-bond donors (Lipinski definition) is 0. The van der Waals surface area contributed by atoms with E-state index >= 15 is 0 Å². The van der Waals surface area contributed by atoms with Crippen LogP contribution in [0.15, 0.2) is 39.1 Å². The molecule has 0 N–H and O–H groups in total. The Morgan fingerprint density at radius 1 is 1.03 bits per heavy atom. The average molecular weight is 460 g/mol. The first-order valence-electron chi connectivity index (χ1n) is 10.1. The van der Waals surface area contributed by atoms with E-state index in [0.29, 0.717) is 23.7 Å². The molecule has 9 heteroatoms. The van der Waals surface area contributed by atoms with Crippen LogP contribution in [0.4, 0.5) is 0 Å². The van der Waals surface area contributed by atoms with Gasteiger partial charge in [0, 0.05) is 32.2 Å². The van der Waals surface area contributed by atoms with Crippen molar-refractivity contribution in [1.29, 1.82) is 0 Å². The van der Waals surface area contributed by atoms with Crippen molar-refractivity contribution in [2.24, 2.45) is 0 Å². The number of piperazine rings is 1. The molecule has 7 nitrogen and oxygen atoms in total. The van der Waals surface area contributed by atoms with Crippen molar-refractivity contribution >= 4 is 27.3 Å². The quantitative estimate of drug-likeness (QED) is 0.593. The summed E-state index contributed by atoms with van der Waals surface area (Å²) >= 11 is 1.51. The summed E-state index contributed by atoms with van der Waals surface area (Å²) < 4.78 is 33.6. The van der Waals surface area contributed by atoms with Crippen LogP contribution in [0.3, 0.4) is 0 Å². The molecule has 1 aromatic carbocycles. The van der Waals surface area contributed by atoms with Gasteiger partial charge in [0.15, 0.2) is 11.5 Å². The molecular formula is C22H25N3O4S2. The first-order valence-corrected chi connectivity index (χ1v) is 12.4. The second kappa shape index (κ2) is 8.22. The van der Waals surface area contributed by atoms with Gasteiger partial charge in [0.1, 0.15) is 0 Å². The lowest BCUT2D eigenvalue weighted by Crippen LogP contribution is -2.50. The molecule has 1 saturated heterocycles. The molecule has 4 rings (SSSR count). The third-order valence-corrected chi connectivity index (χ3v) is 8.97. The lowest BCUT2D eigenvalue weighted by Gasteiger charge is -2.34. The van der Waals surface area contributed by atoms with Gasteiger partial charge in [-0.05, 0) is 61.4 Å². The molecule has 1 aliphatic heterocycles. The zero-order chi connectivity index (χ0) is 22.3. The van der Waals surface area contributed by atoms with E-state index in [9.17, 15) is 13.2 Å². The van der Waals surface area contributed by atoms with Gasteiger partial charge in [-0.2, -0.15) is 4.31 Å². The van der Waals surface area contributed by atoms with Crippen molar-refractivity contribution in [3.63, 3.8) is 0 Å². The van der Waals surface area contributed by atoms with E-state index in [1.807, 2.05) is 51.3 Å². The molecule has 3 heterocycles. The number of aryl methyl sites for hydroxylation is 2. The van der Waals surface area contributed by atoms with E-state index in [1.54, 1.807) is 11.0 Å². The van der Waals surface area contributed by atoms with Crippen molar-refractivity contribution in [2.45, 2.75) is 32.6 Å². The summed E-state index contributed by atoms with van der Waals surface area (Å²) in [7, 11) is -3.65. The Hall–Kier alpha value is -2.49. The van der Waals surface area contributed by atoms with Crippen molar-refractivity contribution in [3.05, 3.63) is 57.6 Å². The van der Waals surface area contributed by atoms with E-state index in [4.69, 9.17) is 4.52 Å². The fraction of sp³-hybridized carbons (Fsp3) is 0.364. The molecule has 1 amide bonds. The number of carbonyl (C=O) groups is 1. The van der Waals surface area contributed by atoms with Crippen LogP contribution in [0, 0.1) is 27.7 Å². The minimum atomic E-state index is -3.65. The van der Waals surface area contributed by atoms with E-state index in [2.05, 4.69) is 5.16 Å². The maximum atomic E-state index is 13.4. The van der Waals surface area contributed by atoms with Gasteiger partial charge in [-0.3, -0.25) is 4.79 Å². The van der Waals surface area contributed by atoms with Gasteiger partial charge in [0.2, 0.25) is 10.0 Å². The van der Waals surface area contributed by atoms with E-state index in [0.717, 1.165) is 27.1 Å². The Morgan fingerprint density at radius 3 is 2.26 bits per heavy atom. The molecule has 0 bridgehead atoms. The first kappa shape index (κ1) is 21.7. The molecule has 1 fully saturated rings. The molecule has 0 radical (unpaired) electrons. The third-order valence-electron chi connectivity index (χ3n) is 5.91. The normalized spacial score (nSPS) is 15.4. The number of rotatable bonds is 4. The standard InChI is InChI=1S/C22H25N3O4S2/c1-14-12-15(2)17(4)21(16(14)3)31(27,28)25-9-7-24(8-10-25)22(26)18-13-19(29-23-18)20-6-5-11-30-20/h5-6,11-13H,7-10H2,1-4H3. The summed E-state index contributed by atoms with van der Waals surface area (Å²) in [4.78, 5) is 15.8. The largest absolute Gasteiger partial charge is 0.355 e. The van der Waals surface area contributed by atoms with Crippen LogP contribution in [0.2, 0.25) is 0 Å². The first-order chi connectivity index (χ1) is 14.7. The summed E-state index contributed by atoms with van der Waals surface area (Å²) in [6.45, 7) is 8.67. The highest BCUT2D eigenvalue weighted by Gasteiger charge is 2.33. The highest BCUT2D eigenvalue weighted by atomic mass is 32.2. The minimum Gasteiger partial charge on any atom is -0.355 e. The smallest absolute Gasteiger partial charge is 0.276 e. The Kier molecular flexibility index (Phi) is 5.76. The Labute approximate surface area is 186 Å². The molecule has 0 spiro atoms. The lowest BCUT2D eigenvalue weighted by molar-refractivity contribution is 0.0687. The van der Waals surface area contributed by atoms with E-state index < -0.39 is 10.0 Å². The van der Waals surface area contributed by atoms with E-state index in [1.165, 1.54) is 15.6 Å². The predicted molar refractivity (Wildman–Crippen MR) is 120 cm³/mol. The van der Waals surface area contributed by atoms with Gasteiger partial charge in [0.05, 0.1) is 9.77 Å². The predicted octanol–water partition coefficient (Wildman–Crippen LogP) is 3.78. The number of carbonyl (C=O) groups excluding carboxylic acids is 1. The van der Waals surface area contributed by atoms with E-state index in [-0.39, 0.29) is 24.7 Å². The molecule has 1 aliphatic rings. The molecule has 0 saturated carbocycles. The van der Waals surface area contributed by atoms with Crippen molar-refractivity contribution in [2.75, 3.05) is 26.2 Å². The Morgan fingerprint density at radius 2 is 1.68 bits per heavy atom. The summed E-state index contributed by atoms with van der Waals surface area (Å²) in [5.74, 6) is 0.308. The van der Waals surface area contributed by atoms with Gasteiger partial charge < -0.3 is 9.42 Å². The van der Waals surface area contributed by atoms with Crippen LogP contribution in [-0.4, -0.2) is 54.9 Å². The van der Waals surface area contributed by atoms with Crippen molar-refractivity contribution in [3.8, 4) is 10.6 Å². The number of thiophene rings is 1. The number of aromatic nitrogens is 1. The Bertz CT molecular complexity index is 1200. The van der Waals surface area contributed by atoms with Gasteiger partial charge in [-0.15, -0.1) is 11.3 Å². The van der Waals surface area contributed by atoms with Crippen LogP contribution in [0.1, 0.15) is 32.7 Å². The van der Waals surface area contributed by atoms with Crippen molar-refractivity contribution < 1.29 is 17.7 Å². The highest BCUT2D eigenvalue weighted by Crippen LogP contribution is 2.30. The monoisotopic (exact) mass is 459 g/mol. The summed E-state index contributed by atoms with van der Waals surface area (Å²) in [6, 6.07) is 7.46. The highest BCUT2D eigenvalue weighted by molar-refractivity contribution is 7.89. The number of amides is 1. The second-order valence-electron chi connectivity index (χ2n) is 7.84. The molecular weight excluding hydrogens is 434 g/mol. The number of sulfonamides is 1. The molecule has 0 atom stereocenters. The van der Waals surface area contributed by atoms with Crippen LogP contribution in [0.25, 0.3) is 10.6 Å². The van der Waals surface area contributed by atoms with Crippen LogP contribution < -0.4 is 0 Å². The van der Waals surface area contributed by atoms with Gasteiger partial charge >= 0.3 is 0 Å². The summed E-state index contributed by atoms with van der Waals surface area (Å²) in [5, 5.41) is 5.84. The molecule has 0 unspecified atom stereocenters. The topological polar surface area (TPSA) is 83.7 Å². The fourth-order valence-electron chi connectivity index (χ4n) is 3.90. The average Bonchev–Trinajstić information content (AvgIpc) is 3.44. The third kappa shape index (κ3) is 3.93.